The van der Waals surface area contributed by atoms with Gasteiger partial charge in [-0.3, -0.25) is 4.98 Å². The quantitative estimate of drug-likeness (QED) is 0.0690. The van der Waals surface area contributed by atoms with E-state index in [1.165, 1.54) is 283 Å². The molecule has 11 nitrogen and oxygen atoms in total. The van der Waals surface area contributed by atoms with Gasteiger partial charge in [0.2, 0.25) is 0 Å². The topological polar surface area (TPSA) is 109 Å². The zero-order valence-corrected chi connectivity index (χ0v) is 68.4. The van der Waals surface area contributed by atoms with Gasteiger partial charge in [-0.25, -0.2) is 0 Å². The van der Waals surface area contributed by atoms with Crippen molar-refractivity contribution in [2.45, 2.75) is 275 Å². The summed E-state index contributed by atoms with van der Waals surface area (Å²) in [6.07, 6.45) is 63.2. The number of benzene rings is 1. The number of pyridine rings is 1. The molecular formula is C77H146ClFe5N9O2. The van der Waals surface area contributed by atoms with E-state index in [1.807, 2.05) is 25.4 Å². The minimum absolute atomic E-state index is 0. The fourth-order valence-corrected chi connectivity index (χ4v) is 15.8. The summed E-state index contributed by atoms with van der Waals surface area (Å²) in [7, 11) is 23.3. The Hall–Kier alpha value is 0.507. The van der Waals surface area contributed by atoms with Gasteiger partial charge in [0.05, 0.1) is 11.6 Å². The van der Waals surface area contributed by atoms with Crippen LogP contribution in [0.25, 0.3) is 10.9 Å². The van der Waals surface area contributed by atoms with Crippen LogP contribution >= 0.6 is 11.6 Å². The maximum absolute atomic E-state index is 8.43. The number of halogens is 1. The number of fused-ring (bicyclic) bond motifs is 1. The summed E-state index contributed by atoms with van der Waals surface area (Å²) >= 11 is 6.05. The van der Waals surface area contributed by atoms with Crippen LogP contribution in [0.15, 0.2) is 35.6 Å². The van der Waals surface area contributed by atoms with Crippen LogP contribution in [0.4, 0.5) is 5.69 Å². The first-order chi connectivity index (χ1) is 43.1. The number of ether oxygens (including phenoxy) is 1. The van der Waals surface area contributed by atoms with Crippen molar-refractivity contribution < 1.29 is 95.3 Å². The van der Waals surface area contributed by atoms with Crippen molar-refractivity contribution in [3.8, 4) is 0 Å². The number of aromatic nitrogens is 1. The molecule has 4 N–H and O–H groups in total. The SMILES string of the molecule is C1CCCC1.C1CCCC1.C1CCCC1.C1CCCC1.C1CCCC1.CN(C)C1CCCC1.CN(C)CC1CCCC1C=NO.CN(C)CC1CCCC1CN.CN(C)CC1CCCC1CNc1ccnc2cc(Cl)ccc12.COC1CCCC1CN(C)C.[Fe].[Fe].[Fe].[Fe].[Fe]. The molecule has 0 radical (unpaired) electrons. The molecule has 1 aromatic carbocycles. The Balaban J connectivity index is -0.00000102. The second-order valence-corrected chi connectivity index (χ2v) is 30.3. The van der Waals surface area contributed by atoms with Gasteiger partial charge in [-0.15, -0.1) is 5.16 Å². The Morgan fingerprint density at radius 3 is 1.22 bits per heavy atom. The largest absolute Gasteiger partial charge is 0.411 e. The molecule has 1 heterocycles. The van der Waals surface area contributed by atoms with Crippen molar-refractivity contribution in [2.75, 3.05) is 122 Å². The Kier molecular flexibility index (Phi) is 67.6. The van der Waals surface area contributed by atoms with E-state index in [-0.39, 0.29) is 85.3 Å². The number of anilines is 1. The Morgan fingerprint density at radius 2 is 0.830 bits per heavy atom. The molecule has 10 aliphatic carbocycles. The van der Waals surface area contributed by atoms with E-state index in [1.54, 1.807) is 6.21 Å². The van der Waals surface area contributed by atoms with Gasteiger partial charge in [0.1, 0.15) is 0 Å². The molecule has 12 rings (SSSR count). The third kappa shape index (κ3) is 47.6. The van der Waals surface area contributed by atoms with E-state index in [0.29, 0.717) is 17.9 Å². The van der Waals surface area contributed by atoms with Crippen molar-refractivity contribution in [3.63, 3.8) is 0 Å². The summed E-state index contributed by atoms with van der Waals surface area (Å²) < 4.78 is 5.40. The molecule has 0 amide bonds. The molecule has 0 aliphatic heterocycles. The molecule has 558 valence electrons. The molecule has 17 heteroatoms. The van der Waals surface area contributed by atoms with Gasteiger partial charge >= 0.3 is 0 Å². The normalized spacial score (nSPS) is 24.7. The second kappa shape index (κ2) is 64.4. The smallest absolute Gasteiger partial charge is 0.0737 e. The fourth-order valence-electron chi connectivity index (χ4n) is 15.6. The van der Waals surface area contributed by atoms with Crippen molar-refractivity contribution in [3.05, 3.63) is 35.5 Å². The fraction of sp³-hybridized carbons (Fsp3) is 0.870. The van der Waals surface area contributed by atoms with Gasteiger partial charge in [-0.2, -0.15) is 0 Å². The van der Waals surface area contributed by atoms with Crippen LogP contribution in [-0.2, 0) is 90.1 Å². The summed E-state index contributed by atoms with van der Waals surface area (Å²) in [5.74, 6) is 5.21. The number of methoxy groups -OCH3 is 1. The van der Waals surface area contributed by atoms with Crippen LogP contribution in [0.1, 0.15) is 263 Å². The van der Waals surface area contributed by atoms with Crippen LogP contribution in [-0.4, -0.2) is 170 Å². The zero-order valence-electron chi connectivity index (χ0n) is 62.1. The Labute approximate surface area is 639 Å². The first-order valence-electron chi connectivity index (χ1n) is 37.6. The first kappa shape index (κ1) is 98.7. The van der Waals surface area contributed by atoms with Crippen LogP contribution in [0.3, 0.4) is 0 Å². The van der Waals surface area contributed by atoms with Gasteiger partial charge in [0, 0.05) is 166 Å². The van der Waals surface area contributed by atoms with E-state index >= 15 is 0 Å². The van der Waals surface area contributed by atoms with Crippen molar-refractivity contribution >= 4 is 34.4 Å². The molecule has 10 saturated carbocycles. The number of oxime groups is 1. The van der Waals surface area contributed by atoms with Crippen molar-refractivity contribution in [2.24, 2.45) is 52.3 Å². The minimum Gasteiger partial charge on any atom is -0.411 e. The van der Waals surface area contributed by atoms with E-state index < -0.39 is 0 Å². The standard InChI is InChI=1S/C18H24ClN3.C9H18N2O.C9H20N2.C9H19NO.C7H15N.5C5H10.5Fe/c1-22(2)12-14-5-3-4-13(14)11-21-17-8-9-20-18-10-15(19)6-7-16(17)18;1-11(2)7-9-5-3-4-8(9)6-10-12;1-11(2)7-9-5-3-4-8(9)6-10;1-10(2)7-8-5-4-6-9(8)11-3;1-8(2)7-5-3-4-6-7;5*1-2-4-5-3-1;;;;;/h6-10,13-14H,3-5,11-12H2,1-2H3,(H,20,21);6,8-9,12H,3-5,7H2,1-2H3;8-9H,3-7,10H2,1-2H3;8-9H,4-7H2,1-3H3;7H,3-6H2,1-2H3;5*1-5H2;;;;;. The summed E-state index contributed by atoms with van der Waals surface area (Å²) in [6, 6.07) is 8.87. The molecule has 94 heavy (non-hydrogen) atoms. The van der Waals surface area contributed by atoms with E-state index in [4.69, 9.17) is 27.3 Å². The maximum Gasteiger partial charge on any atom is 0.0737 e. The number of nitrogens with one attached hydrogen (secondary N) is 1. The Bertz CT molecular complexity index is 1850. The van der Waals surface area contributed by atoms with Crippen LogP contribution in [0.2, 0.25) is 5.02 Å². The zero-order chi connectivity index (χ0) is 64.7. The first-order valence-corrected chi connectivity index (χ1v) is 38.0. The third-order valence-electron chi connectivity index (χ3n) is 20.8. The molecule has 8 unspecified atom stereocenters. The molecule has 8 atom stereocenters. The number of nitrogens with zero attached hydrogens (tertiary/aromatic N) is 7. The monoisotopic (exact) mass is 1540 g/mol. The molecular weight excluding hydrogens is 1400 g/mol. The van der Waals surface area contributed by atoms with Gasteiger partial charge in [0.25, 0.3) is 0 Å². The summed E-state index contributed by atoms with van der Waals surface area (Å²) in [5, 5.41) is 17.1. The van der Waals surface area contributed by atoms with E-state index in [2.05, 4.69) is 123 Å². The molecule has 1 aromatic heterocycles. The van der Waals surface area contributed by atoms with Crippen LogP contribution < -0.4 is 11.1 Å². The molecule has 2 aromatic rings. The maximum atomic E-state index is 8.43. The van der Waals surface area contributed by atoms with Crippen LogP contribution in [0.5, 0.6) is 0 Å². The number of nitrogens with two attached hydrogens (primary N) is 1. The van der Waals surface area contributed by atoms with Gasteiger partial charge in [-0.05, 0) is 201 Å². The number of hydrogen-bond acceptors (Lipinski definition) is 11. The third-order valence-corrected chi connectivity index (χ3v) is 21.0. The van der Waals surface area contributed by atoms with Crippen LogP contribution in [0, 0.1) is 41.4 Å². The van der Waals surface area contributed by atoms with Gasteiger partial charge in [0.15, 0.2) is 0 Å². The van der Waals surface area contributed by atoms with Crippen molar-refractivity contribution in [1.82, 2.24) is 29.5 Å². The molecule has 0 bridgehead atoms. The molecule has 0 spiro atoms. The molecule has 10 aliphatic rings. The second-order valence-electron chi connectivity index (χ2n) is 29.9. The minimum atomic E-state index is 0. The summed E-state index contributed by atoms with van der Waals surface area (Å²) in [4.78, 5) is 15.8. The predicted molar refractivity (Wildman–Crippen MR) is 391 cm³/mol. The summed E-state index contributed by atoms with van der Waals surface area (Å²) in [6.45, 7) is 6.63. The average Bonchev–Trinajstić information content (AvgIpc) is 1.30. The van der Waals surface area contributed by atoms with Crippen molar-refractivity contribution in [1.29, 1.82) is 0 Å². The average molecular weight is 1540 g/mol. The number of rotatable bonds is 15. The molecule has 10 fully saturated rings. The van der Waals surface area contributed by atoms with E-state index in [9.17, 15) is 0 Å². The van der Waals surface area contributed by atoms with Gasteiger partial charge in [-0.1, -0.05) is 211 Å². The summed E-state index contributed by atoms with van der Waals surface area (Å²) in [5.41, 5.74) is 7.80. The number of hydrogen-bond donors (Lipinski definition) is 3. The molecule has 0 saturated heterocycles. The van der Waals surface area contributed by atoms with Gasteiger partial charge < -0.3 is 45.5 Å². The van der Waals surface area contributed by atoms with E-state index in [0.717, 1.165) is 76.9 Å². The Morgan fingerprint density at radius 1 is 0.468 bits per heavy atom. The predicted octanol–water partition coefficient (Wildman–Crippen LogP) is 19.2.